The minimum atomic E-state index is -0.403. The molecule has 0 aromatic heterocycles. The van der Waals surface area contributed by atoms with Crippen molar-refractivity contribution < 1.29 is 19.1 Å². The molecule has 0 aliphatic carbocycles. The predicted octanol–water partition coefficient (Wildman–Crippen LogP) is 7.53. The molecule has 0 spiro atoms. The Morgan fingerprint density at radius 3 is 1.69 bits per heavy atom. The Morgan fingerprint density at radius 1 is 0.629 bits per heavy atom. The summed E-state index contributed by atoms with van der Waals surface area (Å²) in [6.07, 6.45) is 3.06. The molecule has 0 amide bonds. The molecule has 0 radical (unpaired) electrons. The molecular formula is C29H22N2O4. The van der Waals surface area contributed by atoms with Gasteiger partial charge in [-0.25, -0.2) is 9.59 Å². The molecule has 172 valence electrons. The number of carbonyl (C=O) groups excluding carboxylic acids is 2. The van der Waals surface area contributed by atoms with Gasteiger partial charge in [-0.15, -0.1) is 0 Å². The van der Waals surface area contributed by atoms with E-state index >= 15 is 0 Å². The third kappa shape index (κ3) is 5.60. The summed E-state index contributed by atoms with van der Waals surface area (Å²) in [5.74, 6) is 2.53. The first-order valence-electron chi connectivity index (χ1n) is 10.9. The zero-order valence-electron chi connectivity index (χ0n) is 19.3. The first-order valence-corrected chi connectivity index (χ1v) is 10.9. The number of nitrogens with zero attached hydrogens (tertiary/aromatic N) is 2. The van der Waals surface area contributed by atoms with Crippen molar-refractivity contribution in [1.29, 1.82) is 0 Å². The summed E-state index contributed by atoms with van der Waals surface area (Å²) in [6.45, 7) is 4.25. The van der Waals surface area contributed by atoms with Gasteiger partial charge in [0.1, 0.15) is 23.0 Å². The number of rotatable bonds is 8. The first kappa shape index (κ1) is 23.4. The highest BCUT2D eigenvalue weighted by molar-refractivity contribution is 5.54. The van der Waals surface area contributed by atoms with Gasteiger partial charge in [0, 0.05) is 11.0 Å². The molecule has 0 aliphatic rings. The van der Waals surface area contributed by atoms with Crippen LogP contribution in [-0.4, -0.2) is 12.2 Å². The fourth-order valence-electron chi connectivity index (χ4n) is 3.71. The van der Waals surface area contributed by atoms with Crippen LogP contribution in [0.1, 0.15) is 25.0 Å². The van der Waals surface area contributed by atoms with Crippen LogP contribution >= 0.6 is 0 Å². The van der Waals surface area contributed by atoms with Gasteiger partial charge < -0.3 is 9.47 Å². The standard InChI is InChI=1S/C29H22N2O4/c1-29(2,21-6-4-3-5-7-21)27-18-26(34-24-12-8-22(9-13-24)30-19-32)16-17-28(27)35-25-14-10-23(11-15-25)31-20-33/h3-18H,1-2H3. The Kier molecular flexibility index (Phi) is 6.99. The molecule has 0 bridgehead atoms. The number of benzene rings is 4. The van der Waals surface area contributed by atoms with Crippen molar-refractivity contribution in [2.24, 2.45) is 9.98 Å². The monoisotopic (exact) mass is 462 g/mol. The van der Waals surface area contributed by atoms with Crippen LogP contribution in [0, 0.1) is 0 Å². The van der Waals surface area contributed by atoms with Crippen molar-refractivity contribution >= 4 is 23.5 Å². The number of hydrogen-bond acceptors (Lipinski definition) is 6. The minimum Gasteiger partial charge on any atom is -0.457 e. The average molecular weight is 463 g/mol. The maximum Gasteiger partial charge on any atom is 0.240 e. The quantitative estimate of drug-likeness (QED) is 0.200. The van der Waals surface area contributed by atoms with E-state index in [1.165, 1.54) is 12.2 Å². The average Bonchev–Trinajstić information content (AvgIpc) is 2.88. The van der Waals surface area contributed by atoms with E-state index in [0.717, 1.165) is 11.1 Å². The van der Waals surface area contributed by atoms with Crippen LogP contribution in [0.2, 0.25) is 0 Å². The van der Waals surface area contributed by atoms with Crippen molar-refractivity contribution in [1.82, 2.24) is 0 Å². The minimum absolute atomic E-state index is 0.403. The number of hydrogen-bond donors (Lipinski definition) is 0. The zero-order valence-corrected chi connectivity index (χ0v) is 19.3. The van der Waals surface area contributed by atoms with E-state index in [-0.39, 0.29) is 0 Å². The number of aliphatic imine (C=N–C) groups is 2. The molecule has 4 aromatic carbocycles. The van der Waals surface area contributed by atoms with Gasteiger partial charge in [-0.3, -0.25) is 0 Å². The molecule has 0 heterocycles. The predicted molar refractivity (Wildman–Crippen MR) is 134 cm³/mol. The van der Waals surface area contributed by atoms with Gasteiger partial charge in [0.25, 0.3) is 0 Å². The Balaban J connectivity index is 1.71. The van der Waals surface area contributed by atoms with E-state index in [9.17, 15) is 9.59 Å². The summed E-state index contributed by atoms with van der Waals surface area (Å²) in [5, 5.41) is 0. The van der Waals surface area contributed by atoms with Gasteiger partial charge in [-0.05, 0) is 72.3 Å². The molecule has 4 rings (SSSR count). The Bertz CT molecular complexity index is 1400. The van der Waals surface area contributed by atoms with Crippen molar-refractivity contribution in [3.05, 3.63) is 108 Å². The number of isocyanates is 2. The molecule has 0 aliphatic heterocycles. The molecule has 0 atom stereocenters. The lowest BCUT2D eigenvalue weighted by Gasteiger charge is -2.28. The van der Waals surface area contributed by atoms with Crippen molar-refractivity contribution in [2.45, 2.75) is 19.3 Å². The van der Waals surface area contributed by atoms with Crippen LogP contribution in [0.4, 0.5) is 11.4 Å². The van der Waals surface area contributed by atoms with Gasteiger partial charge in [-0.1, -0.05) is 44.2 Å². The maximum atomic E-state index is 10.5. The Morgan fingerprint density at radius 2 is 1.14 bits per heavy atom. The van der Waals surface area contributed by atoms with E-state index in [4.69, 9.17) is 9.47 Å². The van der Waals surface area contributed by atoms with Crippen LogP contribution in [0.3, 0.4) is 0 Å². The van der Waals surface area contributed by atoms with Crippen LogP contribution in [-0.2, 0) is 15.0 Å². The summed E-state index contributed by atoms with van der Waals surface area (Å²) in [5.41, 5.74) is 2.66. The van der Waals surface area contributed by atoms with Crippen LogP contribution in [0.25, 0.3) is 0 Å². The van der Waals surface area contributed by atoms with Gasteiger partial charge >= 0.3 is 0 Å². The molecule has 6 heteroatoms. The fourth-order valence-corrected chi connectivity index (χ4v) is 3.71. The lowest BCUT2D eigenvalue weighted by atomic mass is 9.77. The van der Waals surface area contributed by atoms with E-state index in [0.29, 0.717) is 34.4 Å². The lowest BCUT2D eigenvalue weighted by Crippen LogP contribution is -2.19. The molecule has 0 unspecified atom stereocenters. The third-order valence-corrected chi connectivity index (χ3v) is 5.61. The summed E-state index contributed by atoms with van der Waals surface area (Å²) in [6, 6.07) is 29.6. The largest absolute Gasteiger partial charge is 0.457 e. The lowest BCUT2D eigenvalue weighted by molar-refractivity contribution is 0.451. The van der Waals surface area contributed by atoms with E-state index in [2.05, 4.69) is 36.0 Å². The molecule has 0 saturated carbocycles. The van der Waals surface area contributed by atoms with Crippen LogP contribution in [0.5, 0.6) is 23.0 Å². The first-order chi connectivity index (χ1) is 17.0. The van der Waals surface area contributed by atoms with Crippen LogP contribution in [0.15, 0.2) is 107 Å². The Hall–Kier alpha value is -4.76. The molecular weight excluding hydrogens is 440 g/mol. The molecule has 35 heavy (non-hydrogen) atoms. The summed E-state index contributed by atoms with van der Waals surface area (Å²) in [4.78, 5) is 28.2. The van der Waals surface area contributed by atoms with Gasteiger partial charge in [0.2, 0.25) is 12.2 Å². The second-order valence-corrected chi connectivity index (χ2v) is 8.25. The molecule has 4 aromatic rings. The van der Waals surface area contributed by atoms with Crippen molar-refractivity contribution in [3.63, 3.8) is 0 Å². The molecule has 0 saturated heterocycles. The zero-order chi connectivity index (χ0) is 24.7. The topological polar surface area (TPSA) is 77.3 Å². The van der Waals surface area contributed by atoms with Crippen molar-refractivity contribution in [2.75, 3.05) is 0 Å². The van der Waals surface area contributed by atoms with Gasteiger partial charge in [0.15, 0.2) is 0 Å². The summed E-state index contributed by atoms with van der Waals surface area (Å²) >= 11 is 0. The summed E-state index contributed by atoms with van der Waals surface area (Å²) < 4.78 is 12.3. The fraction of sp³-hybridized carbons (Fsp3) is 0.103. The Labute approximate surface area is 203 Å². The SMILES string of the molecule is CC(C)(c1ccccc1)c1cc(Oc2ccc(N=C=O)cc2)ccc1Oc1ccc(N=C=O)cc1. The summed E-state index contributed by atoms with van der Waals surface area (Å²) in [7, 11) is 0. The van der Waals surface area contributed by atoms with E-state index in [1.807, 2.05) is 36.4 Å². The van der Waals surface area contributed by atoms with Gasteiger partial charge in [-0.2, -0.15) is 9.98 Å². The molecule has 0 fully saturated rings. The van der Waals surface area contributed by atoms with Crippen molar-refractivity contribution in [3.8, 4) is 23.0 Å². The highest BCUT2D eigenvalue weighted by Gasteiger charge is 2.28. The third-order valence-electron chi connectivity index (χ3n) is 5.61. The van der Waals surface area contributed by atoms with Gasteiger partial charge in [0.05, 0.1) is 11.4 Å². The second-order valence-electron chi connectivity index (χ2n) is 8.25. The number of ether oxygens (including phenoxy) is 2. The van der Waals surface area contributed by atoms with E-state index in [1.54, 1.807) is 48.5 Å². The second kappa shape index (κ2) is 10.4. The van der Waals surface area contributed by atoms with Crippen LogP contribution < -0.4 is 9.47 Å². The normalized spacial score (nSPS) is 10.6. The maximum absolute atomic E-state index is 10.5. The smallest absolute Gasteiger partial charge is 0.240 e. The molecule has 6 nitrogen and oxygen atoms in total. The highest BCUT2D eigenvalue weighted by atomic mass is 16.5. The van der Waals surface area contributed by atoms with E-state index < -0.39 is 5.41 Å². The molecule has 0 N–H and O–H groups in total. The highest BCUT2D eigenvalue weighted by Crippen LogP contribution is 2.41.